The summed E-state index contributed by atoms with van der Waals surface area (Å²) in [5, 5.41) is 2.54. The number of para-hydroxylation sites is 1. The fourth-order valence-electron chi connectivity index (χ4n) is 2.18. The minimum Gasteiger partial charge on any atom is -0.428 e. The lowest BCUT2D eigenvalue weighted by molar-refractivity contribution is 0.102. The normalized spacial score (nSPS) is 15.4. The summed E-state index contributed by atoms with van der Waals surface area (Å²) in [6.45, 7) is 1.19. The molecule has 1 aliphatic heterocycles. The summed E-state index contributed by atoms with van der Waals surface area (Å²) in [6, 6.07) is 8.60. The van der Waals surface area contributed by atoms with Crippen LogP contribution in [0.4, 0.5) is 24.7 Å². The number of nitrogens with two attached hydrogens (primary N) is 2. The van der Waals surface area contributed by atoms with Crippen molar-refractivity contribution in [2.24, 2.45) is 10.7 Å². The zero-order valence-electron chi connectivity index (χ0n) is 15.3. The number of hydrogen-bond acceptors (Lipinski definition) is 7. The van der Waals surface area contributed by atoms with Crippen LogP contribution in [-0.2, 0) is 4.74 Å². The molecule has 29 heavy (non-hydrogen) atoms. The van der Waals surface area contributed by atoms with E-state index in [4.69, 9.17) is 16.2 Å². The summed E-state index contributed by atoms with van der Waals surface area (Å²) >= 11 is 0. The maximum absolute atomic E-state index is 12.4. The highest BCUT2D eigenvalue weighted by molar-refractivity contribution is 6.05. The number of aromatic nitrogens is 2. The van der Waals surface area contributed by atoms with Gasteiger partial charge in [0.25, 0.3) is 18.4 Å². The van der Waals surface area contributed by atoms with Crippen molar-refractivity contribution < 1.29 is 22.7 Å². The number of nitrogens with one attached hydrogen (secondary N) is 1. The number of carbonyl (C=O) groups is 1. The van der Waals surface area contributed by atoms with Crippen molar-refractivity contribution in [3.8, 4) is 0 Å². The van der Waals surface area contributed by atoms with Crippen LogP contribution < -0.4 is 16.8 Å². The number of alkyl halides is 3. The average Bonchev–Trinajstić information content (AvgIpc) is 2.68. The number of aliphatic imine (C=N–C) groups is 1. The van der Waals surface area contributed by atoms with Gasteiger partial charge in [0.1, 0.15) is 18.1 Å². The Morgan fingerprint density at radius 3 is 2.52 bits per heavy atom. The quantitative estimate of drug-likeness (QED) is 0.714. The summed E-state index contributed by atoms with van der Waals surface area (Å²) in [4.78, 5) is 22.7. The largest absolute Gasteiger partial charge is 0.428 e. The van der Waals surface area contributed by atoms with Crippen LogP contribution in [0.5, 0.6) is 0 Å². The van der Waals surface area contributed by atoms with Gasteiger partial charge in [0.2, 0.25) is 0 Å². The van der Waals surface area contributed by atoms with Crippen molar-refractivity contribution >= 4 is 23.4 Å². The van der Waals surface area contributed by atoms with E-state index in [2.05, 4.69) is 20.3 Å². The lowest BCUT2D eigenvalue weighted by atomic mass is 10.3. The van der Waals surface area contributed by atoms with Gasteiger partial charge in [-0.2, -0.15) is 0 Å². The molecule has 0 unspecified atom stereocenters. The molecule has 11 heteroatoms. The summed E-state index contributed by atoms with van der Waals surface area (Å²) in [5.41, 5.74) is 10.5. The van der Waals surface area contributed by atoms with Crippen molar-refractivity contribution in [3.05, 3.63) is 59.8 Å². The highest BCUT2D eigenvalue weighted by Crippen LogP contribution is 2.18. The molecule has 8 nitrogen and oxygen atoms in total. The number of benzene rings is 1. The summed E-state index contributed by atoms with van der Waals surface area (Å²) in [6.07, 6.45) is -0.349. The molecule has 154 valence electrons. The predicted octanol–water partition coefficient (Wildman–Crippen LogP) is 2.82. The lowest BCUT2D eigenvalue weighted by Gasteiger charge is -2.13. The van der Waals surface area contributed by atoms with Gasteiger partial charge in [0.05, 0.1) is 12.2 Å². The van der Waals surface area contributed by atoms with Gasteiger partial charge in [-0.15, -0.1) is 0 Å². The Morgan fingerprint density at radius 1 is 1.28 bits per heavy atom. The minimum atomic E-state index is -2.78. The second-order valence-electron chi connectivity index (χ2n) is 5.73. The Labute approximate surface area is 164 Å². The fourth-order valence-corrected chi connectivity index (χ4v) is 2.18. The topological polar surface area (TPSA) is 129 Å². The van der Waals surface area contributed by atoms with Crippen molar-refractivity contribution in [1.82, 2.24) is 9.97 Å². The highest BCUT2D eigenvalue weighted by atomic mass is 19.3. The summed E-state index contributed by atoms with van der Waals surface area (Å²) < 4.78 is 41.4. The third kappa shape index (κ3) is 6.48. The van der Waals surface area contributed by atoms with Gasteiger partial charge in [-0.1, -0.05) is 18.2 Å². The van der Waals surface area contributed by atoms with E-state index in [0.29, 0.717) is 5.69 Å². The van der Waals surface area contributed by atoms with E-state index in [1.807, 2.05) is 6.92 Å². The molecule has 1 atom stereocenters. The molecule has 0 bridgehead atoms. The lowest BCUT2D eigenvalue weighted by Crippen LogP contribution is -2.23. The first-order valence-electron chi connectivity index (χ1n) is 8.35. The molecule has 0 saturated heterocycles. The first kappa shape index (κ1) is 21.7. The summed E-state index contributed by atoms with van der Waals surface area (Å²) in [7, 11) is 0. The molecule has 5 N–H and O–H groups in total. The second kappa shape index (κ2) is 10.1. The second-order valence-corrected chi connectivity index (χ2v) is 5.73. The van der Waals surface area contributed by atoms with E-state index in [1.54, 1.807) is 36.4 Å². The molecule has 2 aromatic rings. The van der Waals surface area contributed by atoms with E-state index in [1.165, 1.54) is 0 Å². The van der Waals surface area contributed by atoms with Crippen LogP contribution in [0.1, 0.15) is 29.5 Å². The standard InChI is InChI=1S/C12H10F2N4O.C6H9FN2O/c13-10(14)8-6-16-9(11(15)18-8)12(19)17-7-4-2-1-3-5-7;1-4-2-5(3-7)10-6(8)9-4/h1-6,10H,(H2,15,18)(H,17,19);2,4H,3H2,1H3,(H2,8,9)/t;4-/m.0/s1. The van der Waals surface area contributed by atoms with Crippen LogP contribution in [0.3, 0.4) is 0 Å². The molecule has 1 amide bonds. The Morgan fingerprint density at radius 2 is 1.97 bits per heavy atom. The molecule has 3 rings (SSSR count). The van der Waals surface area contributed by atoms with E-state index < -0.39 is 24.7 Å². The summed E-state index contributed by atoms with van der Waals surface area (Å²) in [5.74, 6) is -0.678. The van der Waals surface area contributed by atoms with Crippen molar-refractivity contribution in [3.63, 3.8) is 0 Å². The van der Waals surface area contributed by atoms with E-state index in [0.717, 1.165) is 6.20 Å². The number of amides is 1. The van der Waals surface area contributed by atoms with E-state index >= 15 is 0 Å². The van der Waals surface area contributed by atoms with Crippen molar-refractivity contribution in [2.45, 2.75) is 19.4 Å². The fraction of sp³-hybridized carbons (Fsp3) is 0.222. The molecule has 0 radical (unpaired) electrons. The van der Waals surface area contributed by atoms with Gasteiger partial charge < -0.3 is 21.5 Å². The molecule has 1 aromatic carbocycles. The minimum absolute atomic E-state index is 0.0441. The molecular weight excluding hydrogens is 389 g/mol. The van der Waals surface area contributed by atoms with Crippen molar-refractivity contribution in [1.29, 1.82) is 0 Å². The number of ether oxygens (including phenoxy) is 1. The smallest absolute Gasteiger partial charge is 0.287 e. The van der Waals surface area contributed by atoms with E-state index in [-0.39, 0.29) is 29.3 Å². The zero-order chi connectivity index (χ0) is 21.4. The molecule has 0 fully saturated rings. The maximum atomic E-state index is 12.4. The molecule has 0 aliphatic carbocycles. The Hall–Kier alpha value is -3.63. The van der Waals surface area contributed by atoms with Gasteiger partial charge >= 0.3 is 0 Å². The van der Waals surface area contributed by atoms with Crippen LogP contribution in [0.2, 0.25) is 0 Å². The monoisotopic (exact) mass is 408 g/mol. The number of rotatable bonds is 4. The first-order valence-corrected chi connectivity index (χ1v) is 8.35. The van der Waals surface area contributed by atoms with Gasteiger partial charge in [-0.3, -0.25) is 4.79 Å². The van der Waals surface area contributed by atoms with Crippen LogP contribution in [-0.4, -0.2) is 34.6 Å². The van der Waals surface area contributed by atoms with Gasteiger partial charge in [-0.05, 0) is 25.1 Å². The van der Waals surface area contributed by atoms with Crippen LogP contribution in [0.25, 0.3) is 0 Å². The SMILES string of the molecule is C[C@H]1C=C(CF)OC(N)=N1.Nc1nc(C(F)F)cnc1C(=O)Nc1ccccc1. The number of halogens is 3. The molecule has 2 heterocycles. The number of hydrogen-bond donors (Lipinski definition) is 3. The van der Waals surface area contributed by atoms with Crippen LogP contribution >= 0.6 is 0 Å². The van der Waals surface area contributed by atoms with Crippen LogP contribution in [0, 0.1) is 0 Å². The highest BCUT2D eigenvalue weighted by Gasteiger charge is 2.17. The number of nitrogens with zero attached hydrogens (tertiary/aromatic N) is 3. The van der Waals surface area contributed by atoms with Gasteiger partial charge in [0, 0.05) is 5.69 Å². The predicted molar refractivity (Wildman–Crippen MR) is 102 cm³/mol. The number of anilines is 2. The number of nitrogen functional groups attached to an aromatic ring is 1. The zero-order valence-corrected chi connectivity index (χ0v) is 15.3. The molecule has 0 spiro atoms. The van der Waals surface area contributed by atoms with Crippen molar-refractivity contribution in [2.75, 3.05) is 17.7 Å². The third-order valence-electron chi connectivity index (χ3n) is 3.41. The van der Waals surface area contributed by atoms with E-state index in [9.17, 15) is 18.0 Å². The van der Waals surface area contributed by atoms with Gasteiger partial charge in [-0.25, -0.2) is 28.1 Å². The molecule has 0 saturated carbocycles. The Kier molecular flexibility index (Phi) is 7.52. The number of amidine groups is 1. The van der Waals surface area contributed by atoms with Gasteiger partial charge in [0.15, 0.2) is 11.5 Å². The number of carbonyl (C=O) groups excluding carboxylic acids is 1. The van der Waals surface area contributed by atoms with Crippen LogP contribution in [0.15, 0.2) is 53.4 Å². The molecule has 1 aromatic heterocycles. The number of allylic oxidation sites excluding steroid dienone is 1. The maximum Gasteiger partial charge on any atom is 0.287 e. The third-order valence-corrected chi connectivity index (χ3v) is 3.41. The molecular formula is C18H19F3N6O2. The average molecular weight is 408 g/mol. The molecule has 1 aliphatic rings. The Balaban J connectivity index is 0.000000253. The first-order chi connectivity index (χ1) is 13.8. The Bertz CT molecular complexity index is 906.